The minimum absolute atomic E-state index is 0.241. The molecule has 2 unspecified atom stereocenters. The number of nitrogens with zero attached hydrogens (tertiary/aromatic N) is 8. The van der Waals surface area contributed by atoms with Gasteiger partial charge >= 0.3 is 13.7 Å². The van der Waals surface area contributed by atoms with Crippen LogP contribution in [-0.2, 0) is 0 Å². The monoisotopic (exact) mass is 758 g/mol. The predicted octanol–water partition coefficient (Wildman–Crippen LogP) is 7.90. The molecule has 4 aliphatic carbocycles. The summed E-state index contributed by atoms with van der Waals surface area (Å²) in [4.78, 5) is 30.3. The van der Waals surface area contributed by atoms with Crippen LogP contribution in [-0.4, -0.2) is 66.8 Å². The number of rotatable bonds is 0. The van der Waals surface area contributed by atoms with Gasteiger partial charge in [0.25, 0.3) is 0 Å². The Morgan fingerprint density at radius 2 is 0.722 bits per heavy atom. The van der Waals surface area contributed by atoms with E-state index in [2.05, 4.69) is 0 Å². The number of aromatic nitrogens is 2. The summed E-state index contributed by atoms with van der Waals surface area (Å²) < 4.78 is 65.9. The Morgan fingerprint density at radius 3 is 1.07 bits per heavy atom. The zero-order valence-electron chi connectivity index (χ0n) is 29.3. The van der Waals surface area contributed by atoms with Gasteiger partial charge < -0.3 is 7.10 Å². The third kappa shape index (κ3) is 5.09. The fraction of sp³-hybridized carbons (Fsp3) is 0.200. The van der Waals surface area contributed by atoms with Gasteiger partial charge in [-0.15, -0.1) is 0 Å². The van der Waals surface area contributed by atoms with Crippen molar-refractivity contribution in [1.82, 2.24) is 7.10 Å². The summed E-state index contributed by atoms with van der Waals surface area (Å²) in [5.74, 6) is 1.63. The maximum atomic E-state index is 15.7. The summed E-state index contributed by atoms with van der Waals surface area (Å²) in [5.41, 5.74) is -2.29. The van der Waals surface area contributed by atoms with Crippen molar-refractivity contribution >= 4 is 83.0 Å². The van der Waals surface area contributed by atoms with Crippen LogP contribution in [0.4, 0.5) is 29.2 Å². The first-order chi connectivity index (χ1) is 25.6. The third-order valence-electron chi connectivity index (χ3n) is 10.3. The van der Waals surface area contributed by atoms with Gasteiger partial charge in [-0.1, -0.05) is 48.6 Å². The quantitative estimate of drug-likeness (QED) is 0.194. The largest absolute Gasteiger partial charge is 0.722 e. The van der Waals surface area contributed by atoms with Crippen LogP contribution in [0.3, 0.4) is 0 Å². The lowest BCUT2D eigenvalue weighted by Crippen LogP contribution is -2.44. The summed E-state index contributed by atoms with van der Waals surface area (Å²) in [7, 11) is 7.83. The van der Waals surface area contributed by atoms with Crippen molar-refractivity contribution in [2.24, 2.45) is 30.0 Å². The Bertz CT molecular complexity index is 2610. The zero-order valence-corrected chi connectivity index (χ0v) is 31.2. The van der Waals surface area contributed by atoms with Gasteiger partial charge in [-0.05, 0) is 76.3 Å². The summed E-state index contributed by atoms with van der Waals surface area (Å²) in [6.45, 7) is 5.75. The number of amidine groups is 4. The number of aliphatic imine (C=N–C) groups is 4. The summed E-state index contributed by atoms with van der Waals surface area (Å²) in [5, 5.41) is 0. The molecule has 8 nitrogen and oxygen atoms in total. The Labute approximate surface area is 315 Å². The van der Waals surface area contributed by atoms with Crippen LogP contribution in [0.15, 0.2) is 125 Å². The standard InChI is InChI=1S/C40H28F4N8.Al.ClH/c1-37(41)13-5-21-22(6-14-37)30-45-29(21)49-31-23-7-15-38(2,42)17-9-25(23)33(46-31)51-35-27-11-19-40(4,44)20-12-28(27)36(48-35)52-34-26-10-18-39(3,43)16-8-24(26)32(47-34)50-30;;/h5-20H,1-4H3;;1H/q-2;+3;/p-1. The number of fused-ring (bicyclic) bond motifs is 12. The lowest BCUT2D eigenvalue weighted by molar-refractivity contribution is 0.328. The van der Waals surface area contributed by atoms with Gasteiger partial charge in [0.1, 0.15) is 45.3 Å². The first kappa shape index (κ1) is 33.4. The Kier molecular flexibility index (Phi) is 6.76. The molecule has 14 heteroatoms. The molecule has 0 aromatic carbocycles. The highest BCUT2D eigenvalue weighted by Crippen LogP contribution is 2.44. The van der Waals surface area contributed by atoms with E-state index in [9.17, 15) is 0 Å². The molecule has 0 radical (unpaired) electrons. The van der Waals surface area contributed by atoms with E-state index in [0.29, 0.717) is 67.2 Å². The Balaban J connectivity index is 1.41. The van der Waals surface area contributed by atoms with Gasteiger partial charge in [0.15, 0.2) is 23.3 Å². The molecule has 10 rings (SSSR count). The van der Waals surface area contributed by atoms with Crippen LogP contribution in [0, 0.1) is 0 Å². The molecular weight excluding hydrogens is 731 g/mol. The maximum Gasteiger partial charge on any atom is 0.722 e. The second-order valence-corrected chi connectivity index (χ2v) is 17.7. The van der Waals surface area contributed by atoms with Crippen LogP contribution in [0.5, 0.6) is 0 Å². The van der Waals surface area contributed by atoms with Crippen molar-refractivity contribution in [1.29, 1.82) is 0 Å². The van der Waals surface area contributed by atoms with Crippen LogP contribution >= 0.6 is 10.0 Å². The molecule has 6 bridgehead atoms. The molecule has 0 amide bonds. The van der Waals surface area contributed by atoms with Crippen molar-refractivity contribution in [2.75, 3.05) is 0 Å². The molecule has 54 heavy (non-hydrogen) atoms. The molecule has 2 aromatic rings. The number of hydrogen-bond donors (Lipinski definition) is 0. The maximum absolute atomic E-state index is 15.7. The van der Waals surface area contributed by atoms with Crippen molar-refractivity contribution in [3.63, 3.8) is 0 Å². The zero-order chi connectivity index (χ0) is 37.5. The van der Waals surface area contributed by atoms with Crippen LogP contribution in [0.2, 0.25) is 0 Å². The molecule has 0 saturated carbocycles. The highest BCUT2D eigenvalue weighted by atomic mass is 35.6. The normalized spacial score (nSPS) is 30.6. The predicted molar refractivity (Wildman–Crippen MR) is 207 cm³/mol. The van der Waals surface area contributed by atoms with Gasteiger partial charge in [0.05, 0.1) is 0 Å². The number of alkyl halides is 4. The van der Waals surface area contributed by atoms with Crippen molar-refractivity contribution < 1.29 is 17.6 Å². The molecule has 0 fully saturated rings. The molecule has 2 atom stereocenters. The van der Waals surface area contributed by atoms with E-state index in [1.807, 2.05) is 7.10 Å². The van der Waals surface area contributed by atoms with E-state index in [-0.39, 0.29) is 23.3 Å². The van der Waals surface area contributed by atoms with E-state index in [1.165, 1.54) is 76.3 Å². The highest BCUT2D eigenvalue weighted by Gasteiger charge is 2.41. The lowest BCUT2D eigenvalue weighted by Gasteiger charge is -2.16. The first-order valence-corrected chi connectivity index (χ1v) is 20.1. The van der Waals surface area contributed by atoms with Crippen LogP contribution in [0.25, 0.3) is 24.3 Å². The Morgan fingerprint density at radius 1 is 0.426 bits per heavy atom. The molecule has 0 N–H and O–H groups in total. The Hall–Kier alpha value is -5.22. The summed E-state index contributed by atoms with van der Waals surface area (Å²) in [6.07, 6.45) is 24.6. The fourth-order valence-electron chi connectivity index (χ4n) is 7.35. The average Bonchev–Trinajstić information content (AvgIpc) is 3.61. The van der Waals surface area contributed by atoms with Gasteiger partial charge in [-0.2, -0.15) is 10.0 Å². The van der Waals surface area contributed by atoms with Gasteiger partial charge in [0.2, 0.25) is 0 Å². The van der Waals surface area contributed by atoms with E-state index in [4.69, 9.17) is 40.0 Å². The van der Waals surface area contributed by atoms with Crippen LogP contribution in [0.1, 0.15) is 49.9 Å². The van der Waals surface area contributed by atoms with E-state index in [0.717, 1.165) is 0 Å². The minimum Gasteiger partial charge on any atom is -0.370 e. The van der Waals surface area contributed by atoms with Gasteiger partial charge in [0, 0.05) is 44.5 Å². The third-order valence-corrected chi connectivity index (χ3v) is 13.3. The van der Waals surface area contributed by atoms with Gasteiger partial charge in [-0.25, -0.2) is 47.5 Å². The smallest absolute Gasteiger partial charge is 0.370 e. The molecule has 8 aliphatic rings. The van der Waals surface area contributed by atoms with Crippen molar-refractivity contribution in [3.05, 3.63) is 128 Å². The summed E-state index contributed by atoms with van der Waals surface area (Å²) in [6, 6.07) is 0. The van der Waals surface area contributed by atoms with Crippen molar-refractivity contribution in [3.8, 4) is 0 Å². The average molecular weight is 759 g/mol. The second kappa shape index (κ2) is 10.9. The fourth-order valence-corrected chi connectivity index (χ4v) is 10.3. The molecule has 0 saturated heterocycles. The number of allylic oxidation sites excluding steroid dienone is 8. The molecular formula is C40H28AlClF4N8. The highest BCUT2D eigenvalue weighted by molar-refractivity contribution is 7.05. The molecule has 266 valence electrons. The molecule has 4 aliphatic heterocycles. The number of halogens is 5. The summed E-state index contributed by atoms with van der Waals surface area (Å²) >= 11 is -3.18. The minimum atomic E-state index is -3.18. The lowest BCUT2D eigenvalue weighted by atomic mass is 10.1. The molecule has 6 heterocycles. The van der Waals surface area contributed by atoms with Crippen molar-refractivity contribution in [2.45, 2.75) is 50.4 Å². The topological polar surface area (TPSA) is 84.0 Å². The van der Waals surface area contributed by atoms with E-state index in [1.54, 1.807) is 48.6 Å². The number of hydrogen-bond acceptors (Lipinski definition) is 6. The first-order valence-electron chi connectivity index (χ1n) is 17.4. The molecule has 0 spiro atoms. The van der Waals surface area contributed by atoms with Crippen LogP contribution < -0.4 is 11.0 Å². The molecule has 2 aromatic heterocycles. The SMILES string of the molecule is CC1(F)C=CC2=C(C=C1)C1=Nc3c4c(c5[n]3[Al]([Cl])[n]3c(c6c(c3=NC3=NC(=N5)C5=C3C=CC(C)(F)C=C5)C=CC(C)(F)C=C6)=NC2=N1)C=CC(C)(F)C=C4. The van der Waals surface area contributed by atoms with E-state index < -0.39 is 36.3 Å². The second-order valence-electron chi connectivity index (χ2n) is 14.9. The van der Waals surface area contributed by atoms with E-state index >= 15 is 17.6 Å². The van der Waals surface area contributed by atoms with Gasteiger partial charge in [-0.3, -0.25) is 0 Å².